The van der Waals surface area contributed by atoms with Gasteiger partial charge in [0.15, 0.2) is 5.69 Å². The Balaban J connectivity index is 1.83. The summed E-state index contributed by atoms with van der Waals surface area (Å²) in [6.45, 7) is 0.322. The Kier molecular flexibility index (Phi) is 2.64. The lowest BCUT2D eigenvalue weighted by Gasteiger charge is -2.01. The molecule has 0 saturated heterocycles. The molecule has 0 aliphatic carbocycles. The predicted octanol–water partition coefficient (Wildman–Crippen LogP) is 0.798. The Morgan fingerprint density at radius 1 is 1.42 bits per heavy atom. The summed E-state index contributed by atoms with van der Waals surface area (Å²) >= 11 is 0. The second-order valence-electron chi connectivity index (χ2n) is 4.10. The Bertz CT molecular complexity index is 715. The van der Waals surface area contributed by atoms with E-state index in [4.69, 9.17) is 5.73 Å². The normalized spacial score (nSPS) is 10.7. The van der Waals surface area contributed by atoms with E-state index < -0.39 is 0 Å². The molecule has 0 atom stereocenters. The lowest BCUT2D eigenvalue weighted by molar-refractivity contribution is 0.0946. The van der Waals surface area contributed by atoms with E-state index in [1.807, 2.05) is 0 Å². The first-order valence-electron chi connectivity index (χ1n) is 5.74. The molecule has 0 bridgehead atoms. The standard InChI is InChI=1S/C12H12N6O/c13-7-1-2-9-8(5-7)11(18-17-9)12(19)16-6-10-14-3-4-15-10/h1-5H,6,13H2,(H,14,15)(H,16,19)(H,17,18). The van der Waals surface area contributed by atoms with Crippen LogP contribution in [0.5, 0.6) is 0 Å². The van der Waals surface area contributed by atoms with Gasteiger partial charge in [0.25, 0.3) is 5.91 Å². The fraction of sp³-hybridized carbons (Fsp3) is 0.0833. The minimum atomic E-state index is -0.270. The number of carbonyl (C=O) groups is 1. The van der Waals surface area contributed by atoms with E-state index in [1.54, 1.807) is 30.6 Å². The third kappa shape index (κ3) is 2.13. The highest BCUT2D eigenvalue weighted by Gasteiger charge is 2.14. The highest BCUT2D eigenvalue weighted by molar-refractivity contribution is 6.05. The van der Waals surface area contributed by atoms with Crippen molar-refractivity contribution in [3.05, 3.63) is 42.1 Å². The molecule has 0 unspecified atom stereocenters. The number of rotatable bonds is 3. The van der Waals surface area contributed by atoms with Crippen LogP contribution in [0.3, 0.4) is 0 Å². The van der Waals surface area contributed by atoms with Crippen molar-refractivity contribution in [2.45, 2.75) is 6.54 Å². The summed E-state index contributed by atoms with van der Waals surface area (Å²) in [6, 6.07) is 5.27. The van der Waals surface area contributed by atoms with Crippen LogP contribution < -0.4 is 11.1 Å². The second kappa shape index (κ2) is 4.45. The number of anilines is 1. The monoisotopic (exact) mass is 256 g/mol. The molecule has 1 amide bonds. The Morgan fingerprint density at radius 3 is 3.11 bits per heavy atom. The van der Waals surface area contributed by atoms with Crippen molar-refractivity contribution in [3.8, 4) is 0 Å². The van der Waals surface area contributed by atoms with Crippen LogP contribution in [-0.2, 0) is 6.54 Å². The first-order valence-corrected chi connectivity index (χ1v) is 5.74. The zero-order chi connectivity index (χ0) is 13.2. The molecule has 0 saturated carbocycles. The predicted molar refractivity (Wildman–Crippen MR) is 70.3 cm³/mol. The molecular formula is C12H12N6O. The average molecular weight is 256 g/mol. The van der Waals surface area contributed by atoms with Crippen LogP contribution >= 0.6 is 0 Å². The molecular weight excluding hydrogens is 244 g/mol. The number of hydrogen-bond donors (Lipinski definition) is 4. The number of benzene rings is 1. The summed E-state index contributed by atoms with van der Waals surface area (Å²) in [5.41, 5.74) is 7.41. The number of nitrogens with one attached hydrogen (secondary N) is 3. The van der Waals surface area contributed by atoms with E-state index in [2.05, 4.69) is 25.5 Å². The van der Waals surface area contributed by atoms with Crippen LogP contribution in [0.1, 0.15) is 16.3 Å². The minimum absolute atomic E-state index is 0.270. The van der Waals surface area contributed by atoms with Crippen LogP contribution in [-0.4, -0.2) is 26.1 Å². The van der Waals surface area contributed by atoms with Gasteiger partial charge in [0.2, 0.25) is 0 Å². The van der Waals surface area contributed by atoms with Gasteiger partial charge in [-0.3, -0.25) is 9.89 Å². The lowest BCUT2D eigenvalue weighted by Crippen LogP contribution is -2.24. The molecule has 2 aromatic heterocycles. The molecule has 0 spiro atoms. The maximum Gasteiger partial charge on any atom is 0.272 e. The van der Waals surface area contributed by atoms with Gasteiger partial charge in [-0.25, -0.2) is 4.98 Å². The SMILES string of the molecule is Nc1ccc2[nH]nc(C(=O)NCc3ncc[nH]3)c2c1. The van der Waals surface area contributed by atoms with Crippen molar-refractivity contribution in [1.82, 2.24) is 25.5 Å². The summed E-state index contributed by atoms with van der Waals surface area (Å²) in [4.78, 5) is 19.0. The molecule has 7 nitrogen and oxygen atoms in total. The largest absolute Gasteiger partial charge is 0.399 e. The number of H-pyrrole nitrogens is 2. The maximum atomic E-state index is 12.1. The number of carbonyl (C=O) groups excluding carboxylic acids is 1. The third-order valence-corrected chi connectivity index (χ3v) is 2.77. The van der Waals surface area contributed by atoms with Crippen molar-refractivity contribution in [2.75, 3.05) is 5.73 Å². The van der Waals surface area contributed by atoms with Gasteiger partial charge in [-0.2, -0.15) is 5.10 Å². The number of aromatic nitrogens is 4. The van der Waals surface area contributed by atoms with Crippen LogP contribution in [0.25, 0.3) is 10.9 Å². The molecule has 0 aliphatic rings. The molecule has 0 aliphatic heterocycles. The van der Waals surface area contributed by atoms with Gasteiger partial charge in [0, 0.05) is 23.5 Å². The highest BCUT2D eigenvalue weighted by Crippen LogP contribution is 2.18. The van der Waals surface area contributed by atoms with Gasteiger partial charge < -0.3 is 16.0 Å². The summed E-state index contributed by atoms with van der Waals surface area (Å²) in [7, 11) is 0. The van der Waals surface area contributed by atoms with Gasteiger partial charge in [-0.15, -0.1) is 0 Å². The Labute approximate surface area is 108 Å². The molecule has 5 N–H and O–H groups in total. The van der Waals surface area contributed by atoms with Gasteiger partial charge in [-0.05, 0) is 18.2 Å². The second-order valence-corrected chi connectivity index (χ2v) is 4.10. The number of nitrogens with zero attached hydrogens (tertiary/aromatic N) is 2. The summed E-state index contributed by atoms with van der Waals surface area (Å²) in [5, 5.41) is 10.3. The van der Waals surface area contributed by atoms with Gasteiger partial charge >= 0.3 is 0 Å². The average Bonchev–Trinajstić information content (AvgIpc) is 3.04. The van der Waals surface area contributed by atoms with Crippen molar-refractivity contribution in [2.24, 2.45) is 0 Å². The van der Waals surface area contributed by atoms with Crippen LogP contribution in [0.15, 0.2) is 30.6 Å². The topological polar surface area (TPSA) is 112 Å². The number of imidazole rings is 1. The number of aromatic amines is 2. The van der Waals surface area contributed by atoms with E-state index in [0.29, 0.717) is 29.1 Å². The first kappa shape index (κ1) is 11.3. The fourth-order valence-corrected chi connectivity index (χ4v) is 1.85. The van der Waals surface area contributed by atoms with Gasteiger partial charge in [0.1, 0.15) is 5.82 Å². The Hall–Kier alpha value is -2.83. The van der Waals surface area contributed by atoms with Crippen molar-refractivity contribution >= 4 is 22.5 Å². The van der Waals surface area contributed by atoms with E-state index >= 15 is 0 Å². The number of nitrogen functional groups attached to an aromatic ring is 1. The third-order valence-electron chi connectivity index (χ3n) is 2.77. The molecule has 3 rings (SSSR count). The summed E-state index contributed by atoms with van der Waals surface area (Å²) < 4.78 is 0. The molecule has 0 fully saturated rings. The van der Waals surface area contributed by atoms with Crippen LogP contribution in [0.4, 0.5) is 5.69 Å². The van der Waals surface area contributed by atoms with E-state index in [-0.39, 0.29) is 5.91 Å². The van der Waals surface area contributed by atoms with E-state index in [1.165, 1.54) is 0 Å². The fourth-order valence-electron chi connectivity index (χ4n) is 1.85. The van der Waals surface area contributed by atoms with Crippen LogP contribution in [0, 0.1) is 0 Å². The molecule has 3 aromatic rings. The molecule has 2 heterocycles. The van der Waals surface area contributed by atoms with E-state index in [0.717, 1.165) is 5.52 Å². The summed E-state index contributed by atoms with van der Waals surface area (Å²) in [6.07, 6.45) is 3.33. The zero-order valence-corrected chi connectivity index (χ0v) is 9.97. The number of hydrogen-bond acceptors (Lipinski definition) is 4. The Morgan fingerprint density at radius 2 is 2.32 bits per heavy atom. The minimum Gasteiger partial charge on any atom is -0.399 e. The van der Waals surface area contributed by atoms with Crippen molar-refractivity contribution in [1.29, 1.82) is 0 Å². The van der Waals surface area contributed by atoms with E-state index in [9.17, 15) is 4.79 Å². The molecule has 19 heavy (non-hydrogen) atoms. The van der Waals surface area contributed by atoms with Gasteiger partial charge in [-0.1, -0.05) is 0 Å². The van der Waals surface area contributed by atoms with Gasteiger partial charge in [0.05, 0.1) is 12.1 Å². The number of amides is 1. The molecule has 96 valence electrons. The number of fused-ring (bicyclic) bond motifs is 1. The maximum absolute atomic E-state index is 12.1. The molecule has 1 aromatic carbocycles. The first-order chi connectivity index (χ1) is 9.24. The highest BCUT2D eigenvalue weighted by atomic mass is 16.1. The van der Waals surface area contributed by atoms with Crippen molar-refractivity contribution in [3.63, 3.8) is 0 Å². The zero-order valence-electron chi connectivity index (χ0n) is 9.97. The quantitative estimate of drug-likeness (QED) is 0.519. The lowest BCUT2D eigenvalue weighted by atomic mass is 10.2. The van der Waals surface area contributed by atoms with Crippen LogP contribution in [0.2, 0.25) is 0 Å². The summed E-state index contributed by atoms with van der Waals surface area (Å²) in [5.74, 6) is 0.418. The molecule has 0 radical (unpaired) electrons. The number of nitrogens with two attached hydrogens (primary N) is 1. The smallest absolute Gasteiger partial charge is 0.272 e. The van der Waals surface area contributed by atoms with Crippen molar-refractivity contribution < 1.29 is 4.79 Å². The molecule has 7 heteroatoms.